The third-order valence-electron chi connectivity index (χ3n) is 4.36. The molecule has 1 aliphatic carbocycles. The van der Waals surface area contributed by atoms with Crippen LogP contribution in [-0.4, -0.2) is 24.6 Å². The molecule has 1 aliphatic heterocycles. The summed E-state index contributed by atoms with van der Waals surface area (Å²) in [5.41, 5.74) is 2.50. The molecule has 7 nitrogen and oxygen atoms in total. The third kappa shape index (κ3) is 1.26. The summed E-state index contributed by atoms with van der Waals surface area (Å²) in [6.07, 6.45) is 0. The molecule has 108 valence electrons. The van der Waals surface area contributed by atoms with Crippen molar-refractivity contribution in [3.05, 3.63) is 29.8 Å². The second-order valence-electron chi connectivity index (χ2n) is 5.17. The molecule has 2 N–H and O–H groups in total. The first kappa shape index (κ1) is 13.8. The Morgan fingerprint density at radius 1 is 1.27 bits per heavy atom. The molecule has 22 heavy (non-hydrogen) atoms. The number of ketones is 1. The van der Waals surface area contributed by atoms with Gasteiger partial charge in [0.25, 0.3) is 5.91 Å². The number of nitriles is 2. The highest BCUT2D eigenvalue weighted by molar-refractivity contribution is 6.23. The van der Waals surface area contributed by atoms with Crippen molar-refractivity contribution in [2.24, 2.45) is 27.5 Å². The smallest absolute Gasteiger partial charge is 0.270 e. The van der Waals surface area contributed by atoms with Crippen molar-refractivity contribution in [1.82, 2.24) is 0 Å². The predicted octanol–water partition coefficient (Wildman–Crippen LogP) is 0.425. The lowest BCUT2D eigenvalue weighted by Gasteiger charge is -2.06. The zero-order valence-corrected chi connectivity index (χ0v) is 11.5. The van der Waals surface area contributed by atoms with Gasteiger partial charge >= 0.3 is 0 Å². The lowest BCUT2D eigenvalue weighted by molar-refractivity contribution is -0.121. The number of Topliss-reactive ketones (excluding diaryl/α,β-unsaturated/α-hetero) is 1. The lowest BCUT2D eigenvalue weighted by Crippen LogP contribution is -2.27. The van der Waals surface area contributed by atoms with Crippen LogP contribution in [0.2, 0.25) is 0 Å². The summed E-state index contributed by atoms with van der Waals surface area (Å²) in [5, 5.41) is 18.8. The molecule has 1 heterocycles. The van der Waals surface area contributed by atoms with E-state index in [-0.39, 0.29) is 11.4 Å². The first-order valence-corrected chi connectivity index (χ1v) is 6.39. The zero-order valence-electron chi connectivity index (χ0n) is 11.5. The summed E-state index contributed by atoms with van der Waals surface area (Å²) in [4.78, 5) is 28.1. The maximum absolute atomic E-state index is 12.6. The van der Waals surface area contributed by atoms with Gasteiger partial charge in [0.2, 0.25) is 0 Å². The molecule has 1 aromatic rings. The second kappa shape index (κ2) is 4.15. The van der Waals surface area contributed by atoms with E-state index in [9.17, 15) is 20.1 Å². The van der Waals surface area contributed by atoms with Crippen LogP contribution in [0, 0.1) is 39.4 Å². The summed E-state index contributed by atoms with van der Waals surface area (Å²) in [6.45, 7) is 0. The van der Waals surface area contributed by atoms with Gasteiger partial charge in [0.15, 0.2) is 16.6 Å². The van der Waals surface area contributed by atoms with E-state index in [0.29, 0.717) is 5.75 Å². The average molecular weight is 294 g/mol. The van der Waals surface area contributed by atoms with Crippen LogP contribution in [0.25, 0.3) is 0 Å². The van der Waals surface area contributed by atoms with Gasteiger partial charge in [-0.15, -0.1) is 0 Å². The van der Waals surface area contributed by atoms with E-state index in [1.807, 2.05) is 6.07 Å². The predicted molar refractivity (Wildman–Crippen MR) is 73.5 cm³/mol. The van der Waals surface area contributed by atoms with Crippen LogP contribution in [0.4, 0.5) is 0 Å². The van der Waals surface area contributed by atoms with E-state index < -0.39 is 28.4 Å². The van der Waals surface area contributed by atoms with Gasteiger partial charge in [-0.05, 0) is 24.3 Å². The van der Waals surface area contributed by atoms with E-state index in [4.69, 9.17) is 10.5 Å². The molecule has 1 amide bonds. The molecule has 1 fully saturated rings. The Labute approximate surface area is 125 Å². The maximum Gasteiger partial charge on any atom is 0.270 e. The van der Waals surface area contributed by atoms with E-state index in [0.717, 1.165) is 0 Å². The van der Waals surface area contributed by atoms with Crippen molar-refractivity contribution in [1.29, 1.82) is 10.5 Å². The number of amidine groups is 1. The fraction of sp³-hybridized carbons (Fsp3) is 0.267. The number of ether oxygens (including phenoxy) is 1. The monoisotopic (exact) mass is 294 g/mol. The molecule has 0 aromatic heterocycles. The van der Waals surface area contributed by atoms with E-state index in [2.05, 4.69) is 4.99 Å². The zero-order chi connectivity index (χ0) is 16.1. The average Bonchev–Trinajstić information content (AvgIpc) is 3.12. The van der Waals surface area contributed by atoms with Crippen molar-refractivity contribution >= 4 is 17.5 Å². The topological polar surface area (TPSA) is 129 Å². The molecule has 0 unspecified atom stereocenters. The molecule has 0 bridgehead atoms. The van der Waals surface area contributed by atoms with E-state index in [1.165, 1.54) is 19.2 Å². The van der Waals surface area contributed by atoms with Crippen LogP contribution < -0.4 is 10.5 Å². The highest BCUT2D eigenvalue weighted by atomic mass is 16.5. The van der Waals surface area contributed by atoms with E-state index >= 15 is 0 Å². The maximum atomic E-state index is 12.6. The van der Waals surface area contributed by atoms with Crippen LogP contribution in [-0.2, 0) is 4.79 Å². The molecule has 0 radical (unpaired) electrons. The second-order valence-corrected chi connectivity index (χ2v) is 5.17. The summed E-state index contributed by atoms with van der Waals surface area (Å²) in [6, 6.07) is 9.87. The minimum atomic E-state index is -1.79. The molecular formula is C15H10N4O3. The molecular weight excluding hydrogens is 284 g/mol. The molecule has 7 heteroatoms. The minimum Gasteiger partial charge on any atom is -0.497 e. The fourth-order valence-corrected chi connectivity index (χ4v) is 3.13. The van der Waals surface area contributed by atoms with Crippen molar-refractivity contribution < 1.29 is 14.3 Å². The number of rotatable bonds is 3. The Morgan fingerprint density at radius 3 is 2.32 bits per heavy atom. The molecule has 3 rings (SSSR count). The molecule has 3 atom stereocenters. The number of carbonyl (C=O) groups is 2. The highest BCUT2D eigenvalue weighted by Crippen LogP contribution is 2.72. The number of methoxy groups -OCH3 is 1. The van der Waals surface area contributed by atoms with Gasteiger partial charge in [-0.2, -0.15) is 15.5 Å². The lowest BCUT2D eigenvalue weighted by atomic mass is 9.97. The van der Waals surface area contributed by atoms with E-state index in [1.54, 1.807) is 18.2 Å². The Kier molecular flexibility index (Phi) is 2.60. The summed E-state index contributed by atoms with van der Waals surface area (Å²) < 4.78 is 5.01. The first-order chi connectivity index (χ1) is 10.5. The normalized spacial score (nSPS) is 31.5. The van der Waals surface area contributed by atoms with Gasteiger partial charge in [0.05, 0.1) is 25.2 Å². The first-order valence-electron chi connectivity index (χ1n) is 6.39. The van der Waals surface area contributed by atoms with Crippen molar-refractivity contribution in [3.63, 3.8) is 0 Å². The SMILES string of the molecule is COc1ccc(C(=O)[C@H]2[C@@]3(C#N)C(=O)N=C(N)[C@]23C#N)cc1. The van der Waals surface area contributed by atoms with Crippen LogP contribution in [0.5, 0.6) is 5.75 Å². The molecule has 0 saturated heterocycles. The number of nitrogens with two attached hydrogens (primary N) is 1. The number of hydrogen-bond donors (Lipinski definition) is 1. The van der Waals surface area contributed by atoms with Gasteiger partial charge in [-0.25, -0.2) is 0 Å². The van der Waals surface area contributed by atoms with Gasteiger partial charge in [-0.3, -0.25) is 9.59 Å². The number of fused-ring (bicyclic) bond motifs is 1. The Balaban J connectivity index is 2.05. The Hall–Kier alpha value is -3.19. The summed E-state index contributed by atoms with van der Waals surface area (Å²) >= 11 is 0. The molecule has 0 spiro atoms. The Bertz CT molecular complexity index is 815. The van der Waals surface area contributed by atoms with Crippen LogP contribution in [0.3, 0.4) is 0 Å². The van der Waals surface area contributed by atoms with Gasteiger partial charge < -0.3 is 10.5 Å². The minimum absolute atomic E-state index is 0.256. The highest BCUT2D eigenvalue weighted by Gasteiger charge is 2.90. The van der Waals surface area contributed by atoms with Gasteiger partial charge in [-0.1, -0.05) is 0 Å². The van der Waals surface area contributed by atoms with Crippen molar-refractivity contribution in [2.45, 2.75) is 0 Å². The molecule has 1 saturated carbocycles. The largest absolute Gasteiger partial charge is 0.497 e. The van der Waals surface area contributed by atoms with Crippen LogP contribution in [0.15, 0.2) is 29.3 Å². The number of amides is 1. The van der Waals surface area contributed by atoms with Crippen LogP contribution >= 0.6 is 0 Å². The standard InChI is InChI=1S/C15H10N4O3/c1-22-9-4-2-8(3-5-9)10(20)11-14(6-16)12(18)19-13(21)15(11,14)7-17/h2-5,11H,1H3,(H2,18,19,21)/t11-,14+,15+/m1/s1. The summed E-state index contributed by atoms with van der Waals surface area (Å²) in [7, 11) is 1.49. The van der Waals surface area contributed by atoms with Gasteiger partial charge in [0.1, 0.15) is 11.6 Å². The van der Waals surface area contributed by atoms with Crippen molar-refractivity contribution in [2.75, 3.05) is 7.11 Å². The number of hydrogen-bond acceptors (Lipinski definition) is 6. The van der Waals surface area contributed by atoms with Crippen LogP contribution in [0.1, 0.15) is 10.4 Å². The third-order valence-corrected chi connectivity index (χ3v) is 4.36. The van der Waals surface area contributed by atoms with Crippen molar-refractivity contribution in [3.8, 4) is 17.9 Å². The fourth-order valence-electron chi connectivity index (χ4n) is 3.13. The molecule has 1 aromatic carbocycles. The number of carbonyl (C=O) groups excluding carboxylic acids is 2. The summed E-state index contributed by atoms with van der Waals surface area (Å²) in [5.74, 6) is -2.10. The van der Waals surface area contributed by atoms with Gasteiger partial charge in [0, 0.05) is 5.56 Å². The Morgan fingerprint density at radius 2 is 1.86 bits per heavy atom. The quantitative estimate of drug-likeness (QED) is 0.804. The number of aliphatic imine (C=N–C) groups is 1. The number of benzene rings is 1. The molecule has 2 aliphatic rings. The number of nitrogens with zero attached hydrogens (tertiary/aromatic N) is 3.